The number of allylic oxidation sites excluding steroid dienone is 2. The molecular formula is C32H37BrN2O5. The zero-order valence-electron chi connectivity index (χ0n) is 22.8. The molecule has 212 valence electrons. The SMILES string of the molecule is O=C1C2CC=C3C(CC4C(=O)N(C5CCCCC5)C(=O)C4C3c3cc(Br)ccc3O)C2C(=O)N1C1CCCCC1. The van der Waals surface area contributed by atoms with Gasteiger partial charge in [-0.15, -0.1) is 0 Å². The average Bonchev–Trinajstić information content (AvgIpc) is 3.38. The van der Waals surface area contributed by atoms with Crippen LogP contribution in [-0.4, -0.2) is 50.6 Å². The molecule has 2 aliphatic heterocycles. The number of benzene rings is 1. The zero-order chi connectivity index (χ0) is 27.7. The lowest BCUT2D eigenvalue weighted by molar-refractivity contribution is -0.145. The zero-order valence-corrected chi connectivity index (χ0v) is 24.4. The van der Waals surface area contributed by atoms with E-state index in [9.17, 15) is 24.3 Å². The number of aromatic hydroxyl groups is 1. The number of nitrogens with zero attached hydrogens (tertiary/aromatic N) is 2. The third kappa shape index (κ3) is 3.95. The van der Waals surface area contributed by atoms with Crippen molar-refractivity contribution in [1.29, 1.82) is 0 Å². The molecular weight excluding hydrogens is 572 g/mol. The van der Waals surface area contributed by atoms with Crippen LogP contribution in [0, 0.1) is 29.6 Å². The van der Waals surface area contributed by atoms with Crippen LogP contribution in [0.4, 0.5) is 0 Å². The molecule has 5 fully saturated rings. The third-order valence-corrected chi connectivity index (χ3v) is 11.4. The van der Waals surface area contributed by atoms with Crippen LogP contribution in [0.5, 0.6) is 5.75 Å². The number of phenols is 1. The van der Waals surface area contributed by atoms with Crippen LogP contribution in [0.25, 0.3) is 0 Å². The number of phenolic OH excluding ortho intramolecular Hbond substituents is 1. The largest absolute Gasteiger partial charge is 0.508 e. The van der Waals surface area contributed by atoms with Gasteiger partial charge in [0, 0.05) is 28.0 Å². The minimum Gasteiger partial charge on any atom is -0.508 e. The van der Waals surface area contributed by atoms with Crippen LogP contribution in [0.3, 0.4) is 0 Å². The van der Waals surface area contributed by atoms with Gasteiger partial charge in [-0.2, -0.15) is 0 Å². The topological polar surface area (TPSA) is 95.0 Å². The molecule has 0 aromatic heterocycles. The minimum absolute atomic E-state index is 0.0273. The smallest absolute Gasteiger partial charge is 0.234 e. The van der Waals surface area contributed by atoms with Gasteiger partial charge >= 0.3 is 0 Å². The highest BCUT2D eigenvalue weighted by Crippen LogP contribution is 2.59. The molecule has 1 N–H and O–H groups in total. The number of fused-ring (bicyclic) bond motifs is 4. The first-order valence-corrected chi connectivity index (χ1v) is 16.1. The molecule has 8 heteroatoms. The summed E-state index contributed by atoms with van der Waals surface area (Å²) in [6.45, 7) is 0. The predicted molar refractivity (Wildman–Crippen MR) is 151 cm³/mol. The van der Waals surface area contributed by atoms with Gasteiger partial charge in [0.05, 0.1) is 23.7 Å². The Balaban J connectivity index is 1.30. The van der Waals surface area contributed by atoms with Crippen LogP contribution in [0.15, 0.2) is 34.3 Å². The van der Waals surface area contributed by atoms with E-state index >= 15 is 0 Å². The fourth-order valence-electron chi connectivity index (χ4n) is 9.16. The van der Waals surface area contributed by atoms with Crippen molar-refractivity contribution in [2.45, 2.75) is 95.1 Å². The van der Waals surface area contributed by atoms with Crippen LogP contribution < -0.4 is 0 Å². The lowest BCUT2D eigenvalue weighted by Gasteiger charge is -2.44. The van der Waals surface area contributed by atoms with Crippen LogP contribution in [-0.2, 0) is 19.2 Å². The molecule has 3 saturated carbocycles. The number of carbonyl (C=O) groups is 4. The van der Waals surface area contributed by atoms with E-state index in [0.29, 0.717) is 18.4 Å². The van der Waals surface area contributed by atoms with E-state index in [2.05, 4.69) is 22.0 Å². The number of imide groups is 2. The van der Waals surface area contributed by atoms with Gasteiger partial charge in [-0.3, -0.25) is 29.0 Å². The van der Waals surface area contributed by atoms with Crippen molar-refractivity contribution in [3.63, 3.8) is 0 Å². The lowest BCUT2D eigenvalue weighted by atomic mass is 9.57. The highest BCUT2D eigenvalue weighted by atomic mass is 79.9. The van der Waals surface area contributed by atoms with Crippen LogP contribution in [0.2, 0.25) is 0 Å². The molecule has 6 atom stereocenters. The molecule has 6 aliphatic rings. The highest BCUT2D eigenvalue weighted by Gasteiger charge is 2.63. The second kappa shape index (κ2) is 10.1. The second-order valence-corrected chi connectivity index (χ2v) is 13.8. The van der Waals surface area contributed by atoms with Crippen molar-refractivity contribution in [3.8, 4) is 5.75 Å². The third-order valence-electron chi connectivity index (χ3n) is 10.9. The second-order valence-electron chi connectivity index (χ2n) is 12.9. The Bertz CT molecular complexity index is 1300. The van der Waals surface area contributed by atoms with E-state index in [0.717, 1.165) is 74.3 Å². The first-order valence-electron chi connectivity index (χ1n) is 15.3. The van der Waals surface area contributed by atoms with Gasteiger partial charge in [-0.1, -0.05) is 66.1 Å². The molecule has 1 aromatic rings. The fourth-order valence-corrected chi connectivity index (χ4v) is 9.54. The quantitative estimate of drug-likeness (QED) is 0.363. The maximum atomic E-state index is 14.2. The van der Waals surface area contributed by atoms with E-state index in [4.69, 9.17) is 0 Å². The maximum Gasteiger partial charge on any atom is 0.234 e. The van der Waals surface area contributed by atoms with Crippen molar-refractivity contribution >= 4 is 39.6 Å². The molecule has 6 unspecified atom stereocenters. The van der Waals surface area contributed by atoms with Crippen LogP contribution >= 0.6 is 15.9 Å². The molecule has 2 heterocycles. The first-order chi connectivity index (χ1) is 19.4. The number of likely N-dealkylation sites (tertiary alicyclic amines) is 2. The Kier molecular flexibility index (Phi) is 6.68. The monoisotopic (exact) mass is 608 g/mol. The van der Waals surface area contributed by atoms with E-state index in [-0.39, 0.29) is 47.4 Å². The summed E-state index contributed by atoms with van der Waals surface area (Å²) in [5.41, 5.74) is 1.57. The van der Waals surface area contributed by atoms with E-state index < -0.39 is 29.6 Å². The molecule has 4 amide bonds. The van der Waals surface area contributed by atoms with Gasteiger partial charge in [-0.25, -0.2) is 0 Å². The van der Waals surface area contributed by atoms with Crippen molar-refractivity contribution < 1.29 is 24.3 Å². The normalized spacial score (nSPS) is 35.1. The van der Waals surface area contributed by atoms with Crippen molar-refractivity contribution in [3.05, 3.63) is 39.9 Å². The predicted octanol–water partition coefficient (Wildman–Crippen LogP) is 5.46. The molecule has 2 saturated heterocycles. The summed E-state index contributed by atoms with van der Waals surface area (Å²) in [5.74, 6) is -3.17. The summed E-state index contributed by atoms with van der Waals surface area (Å²) in [6, 6.07) is 5.14. The fraction of sp³-hybridized carbons (Fsp3) is 0.625. The van der Waals surface area contributed by atoms with Gasteiger partial charge in [-0.05, 0) is 62.6 Å². The Morgan fingerprint density at radius 2 is 1.27 bits per heavy atom. The number of halogens is 1. The van der Waals surface area contributed by atoms with E-state index in [1.54, 1.807) is 21.9 Å². The molecule has 0 radical (unpaired) electrons. The first kappa shape index (κ1) is 26.4. The standard InChI is InChI=1S/C32H37BrN2O5/c33-17-11-14-25(36)23(15-17)26-20-12-13-21-27(31(39)34(29(21)37)18-7-3-1-4-8-18)22(20)16-24-28(26)32(40)35(30(24)38)19-9-5-2-6-10-19/h11-12,14-15,18-19,21-22,24,26-28,36H,1-10,13,16H2. The number of hydrogen-bond donors (Lipinski definition) is 1. The molecule has 0 bridgehead atoms. The molecule has 4 aliphatic carbocycles. The van der Waals surface area contributed by atoms with Gasteiger partial charge in [0.25, 0.3) is 0 Å². The molecule has 40 heavy (non-hydrogen) atoms. The highest BCUT2D eigenvalue weighted by molar-refractivity contribution is 9.10. The Morgan fingerprint density at radius 3 is 1.90 bits per heavy atom. The Morgan fingerprint density at radius 1 is 0.700 bits per heavy atom. The summed E-state index contributed by atoms with van der Waals surface area (Å²) in [6.07, 6.45) is 12.7. The number of rotatable bonds is 3. The summed E-state index contributed by atoms with van der Waals surface area (Å²) in [4.78, 5) is 59.1. The summed E-state index contributed by atoms with van der Waals surface area (Å²) >= 11 is 3.54. The summed E-state index contributed by atoms with van der Waals surface area (Å²) in [7, 11) is 0. The van der Waals surface area contributed by atoms with Crippen LogP contribution in [0.1, 0.15) is 88.5 Å². The van der Waals surface area contributed by atoms with E-state index in [1.165, 1.54) is 0 Å². The Hall–Kier alpha value is -2.48. The van der Waals surface area contributed by atoms with E-state index in [1.807, 2.05) is 6.07 Å². The van der Waals surface area contributed by atoms with Crippen molar-refractivity contribution in [2.24, 2.45) is 29.6 Å². The number of amides is 4. The molecule has 7 rings (SSSR count). The summed E-state index contributed by atoms with van der Waals surface area (Å²) < 4.78 is 0.782. The van der Waals surface area contributed by atoms with Crippen molar-refractivity contribution in [1.82, 2.24) is 9.80 Å². The lowest BCUT2D eigenvalue weighted by Crippen LogP contribution is -2.44. The van der Waals surface area contributed by atoms with Crippen molar-refractivity contribution in [2.75, 3.05) is 0 Å². The minimum atomic E-state index is -0.602. The van der Waals surface area contributed by atoms with Gasteiger partial charge in [0.1, 0.15) is 5.75 Å². The van der Waals surface area contributed by atoms with Gasteiger partial charge < -0.3 is 5.11 Å². The summed E-state index contributed by atoms with van der Waals surface area (Å²) in [5, 5.41) is 11.1. The number of carbonyl (C=O) groups excluding carboxylic acids is 4. The van der Waals surface area contributed by atoms with Gasteiger partial charge in [0.2, 0.25) is 23.6 Å². The average molecular weight is 610 g/mol. The number of hydrogen-bond acceptors (Lipinski definition) is 5. The van der Waals surface area contributed by atoms with Gasteiger partial charge in [0.15, 0.2) is 0 Å². The molecule has 7 nitrogen and oxygen atoms in total. The molecule has 1 aromatic carbocycles. The Labute approximate surface area is 243 Å². The maximum absolute atomic E-state index is 14.2. The molecule has 0 spiro atoms.